The third-order valence-corrected chi connectivity index (χ3v) is 3.97. The Labute approximate surface area is 138 Å². The van der Waals surface area contributed by atoms with E-state index < -0.39 is 18.8 Å². The summed E-state index contributed by atoms with van der Waals surface area (Å²) in [5.74, 6) is 0.0987. The lowest BCUT2D eigenvalue weighted by atomic mass is 10.1. The summed E-state index contributed by atoms with van der Waals surface area (Å²) in [6.45, 7) is 0.815. The number of urea groups is 1. The molecule has 0 radical (unpaired) electrons. The van der Waals surface area contributed by atoms with Crippen molar-refractivity contribution < 1.29 is 27.8 Å². The van der Waals surface area contributed by atoms with Crippen molar-refractivity contribution in [3.63, 3.8) is 0 Å². The van der Waals surface area contributed by atoms with Crippen molar-refractivity contribution in [3.8, 4) is 5.75 Å². The number of carbonyl (C=O) groups excluding carboxylic acids is 1. The monoisotopic (exact) mass is 346 g/mol. The average Bonchev–Trinajstić information content (AvgIpc) is 3.30. The van der Waals surface area contributed by atoms with Crippen LogP contribution in [0.2, 0.25) is 0 Å². The Morgan fingerprint density at radius 2 is 2.04 bits per heavy atom. The Hall–Kier alpha value is -1.96. The van der Waals surface area contributed by atoms with Gasteiger partial charge in [0.25, 0.3) is 0 Å². The predicted molar refractivity (Wildman–Crippen MR) is 81.7 cm³/mol. The molecule has 5 nitrogen and oxygen atoms in total. The van der Waals surface area contributed by atoms with Gasteiger partial charge in [-0.1, -0.05) is 12.1 Å². The maximum Gasteiger partial charge on any atom is 0.422 e. The van der Waals surface area contributed by atoms with Gasteiger partial charge in [-0.05, 0) is 31.4 Å². The highest BCUT2D eigenvalue weighted by Crippen LogP contribution is 2.44. The third-order valence-electron chi connectivity index (χ3n) is 3.97. The fraction of sp³-hybridized carbons (Fsp3) is 0.562. The molecule has 0 atom stereocenters. The molecule has 0 aliphatic heterocycles. The number of nitrogens with one attached hydrogen (secondary N) is 2. The second-order valence-electron chi connectivity index (χ2n) is 6.21. The van der Waals surface area contributed by atoms with Crippen molar-refractivity contribution in [1.82, 2.24) is 10.6 Å². The van der Waals surface area contributed by atoms with Gasteiger partial charge in [0.1, 0.15) is 5.75 Å². The number of amides is 2. The largest absolute Gasteiger partial charge is 0.484 e. The lowest BCUT2D eigenvalue weighted by Gasteiger charge is -2.16. The standard InChI is InChI=1S/C16H21F3N2O3/c1-11-2-3-12(13(6-11)24-10-16(17,18)19)7-20-14(23)21-8-15(9-22)4-5-15/h2-3,6,22H,4-5,7-10H2,1H3,(H2,20,21,23). The van der Waals surface area contributed by atoms with Crippen LogP contribution in [0.4, 0.5) is 18.0 Å². The van der Waals surface area contributed by atoms with E-state index in [4.69, 9.17) is 4.74 Å². The second kappa shape index (κ2) is 7.29. The number of hydrogen-bond donors (Lipinski definition) is 3. The van der Waals surface area contributed by atoms with E-state index in [9.17, 15) is 23.1 Å². The molecular formula is C16H21F3N2O3. The molecule has 8 heteroatoms. The van der Waals surface area contributed by atoms with Crippen molar-refractivity contribution >= 4 is 6.03 Å². The minimum atomic E-state index is -4.42. The van der Waals surface area contributed by atoms with Crippen LogP contribution < -0.4 is 15.4 Å². The van der Waals surface area contributed by atoms with Crippen molar-refractivity contribution in [1.29, 1.82) is 0 Å². The van der Waals surface area contributed by atoms with E-state index >= 15 is 0 Å². The number of alkyl halides is 3. The van der Waals surface area contributed by atoms with Crippen molar-refractivity contribution in [2.45, 2.75) is 32.5 Å². The number of ether oxygens (including phenoxy) is 1. The summed E-state index contributed by atoms with van der Waals surface area (Å²) in [6, 6.07) is 4.43. The molecule has 2 amide bonds. The van der Waals surface area contributed by atoms with Crippen LogP contribution in [-0.4, -0.2) is 37.1 Å². The van der Waals surface area contributed by atoms with E-state index in [1.807, 2.05) is 0 Å². The van der Waals surface area contributed by atoms with Crippen LogP contribution in [0.25, 0.3) is 0 Å². The van der Waals surface area contributed by atoms with Gasteiger partial charge in [-0.25, -0.2) is 4.79 Å². The van der Waals surface area contributed by atoms with Gasteiger partial charge in [-0.3, -0.25) is 0 Å². The topological polar surface area (TPSA) is 70.6 Å². The molecule has 0 bridgehead atoms. The van der Waals surface area contributed by atoms with E-state index in [0.29, 0.717) is 12.1 Å². The summed E-state index contributed by atoms with van der Waals surface area (Å²) >= 11 is 0. The summed E-state index contributed by atoms with van der Waals surface area (Å²) in [5.41, 5.74) is 1.02. The number of rotatable bonds is 7. The molecule has 134 valence electrons. The maximum absolute atomic E-state index is 12.3. The van der Waals surface area contributed by atoms with E-state index in [1.165, 1.54) is 6.07 Å². The number of aliphatic hydroxyl groups is 1. The van der Waals surface area contributed by atoms with Crippen LogP contribution in [-0.2, 0) is 6.54 Å². The van der Waals surface area contributed by atoms with Crippen LogP contribution in [0, 0.1) is 12.3 Å². The maximum atomic E-state index is 12.3. The number of carbonyl (C=O) groups is 1. The summed E-state index contributed by atoms with van der Waals surface area (Å²) in [7, 11) is 0. The second-order valence-corrected chi connectivity index (χ2v) is 6.21. The number of aryl methyl sites for hydroxylation is 1. The average molecular weight is 346 g/mol. The summed E-state index contributed by atoms with van der Waals surface area (Å²) in [4.78, 5) is 11.8. The first-order chi connectivity index (χ1) is 11.2. The molecule has 1 aromatic carbocycles. The van der Waals surface area contributed by atoms with Gasteiger partial charge in [0.2, 0.25) is 0 Å². The van der Waals surface area contributed by atoms with E-state index in [2.05, 4.69) is 10.6 Å². The molecule has 0 spiro atoms. The third kappa shape index (κ3) is 5.59. The molecule has 0 aromatic heterocycles. The highest BCUT2D eigenvalue weighted by Gasteiger charge is 2.42. The van der Waals surface area contributed by atoms with Crippen LogP contribution in [0.1, 0.15) is 24.0 Å². The quantitative estimate of drug-likeness (QED) is 0.710. The molecule has 1 aliphatic rings. The Morgan fingerprint density at radius 1 is 1.33 bits per heavy atom. The number of halogens is 3. The Bertz CT molecular complexity index is 586. The lowest BCUT2D eigenvalue weighted by molar-refractivity contribution is -0.153. The van der Waals surface area contributed by atoms with Gasteiger partial charge < -0.3 is 20.5 Å². The summed E-state index contributed by atoms with van der Waals surface area (Å²) in [6.07, 6.45) is -2.68. The zero-order valence-corrected chi connectivity index (χ0v) is 13.4. The fourth-order valence-electron chi connectivity index (χ4n) is 2.18. The van der Waals surface area contributed by atoms with Gasteiger partial charge >= 0.3 is 12.2 Å². The highest BCUT2D eigenvalue weighted by molar-refractivity contribution is 5.74. The first kappa shape index (κ1) is 18.4. The van der Waals surface area contributed by atoms with Gasteiger partial charge in [-0.2, -0.15) is 13.2 Å². The first-order valence-electron chi connectivity index (χ1n) is 7.65. The molecule has 1 saturated carbocycles. The summed E-state index contributed by atoms with van der Waals surface area (Å²) in [5, 5.41) is 14.4. The molecule has 2 rings (SSSR count). The number of benzene rings is 1. The predicted octanol–water partition coefficient (Wildman–Crippen LogP) is 2.51. The Balaban J connectivity index is 1.87. The number of aliphatic hydroxyl groups excluding tert-OH is 1. The van der Waals surface area contributed by atoms with Crippen LogP contribution >= 0.6 is 0 Å². The van der Waals surface area contributed by atoms with Gasteiger partial charge in [-0.15, -0.1) is 0 Å². The normalized spacial score (nSPS) is 15.7. The zero-order valence-electron chi connectivity index (χ0n) is 13.4. The molecule has 0 heterocycles. The van der Waals surface area contributed by atoms with Crippen LogP contribution in [0.5, 0.6) is 5.75 Å². The summed E-state index contributed by atoms with van der Waals surface area (Å²) < 4.78 is 41.8. The van der Waals surface area contributed by atoms with Gasteiger partial charge in [0.15, 0.2) is 6.61 Å². The smallest absolute Gasteiger partial charge is 0.422 e. The van der Waals surface area contributed by atoms with E-state index in [0.717, 1.165) is 18.4 Å². The molecule has 3 N–H and O–H groups in total. The molecule has 1 aliphatic carbocycles. The van der Waals surface area contributed by atoms with Crippen LogP contribution in [0.3, 0.4) is 0 Å². The molecular weight excluding hydrogens is 325 g/mol. The van der Waals surface area contributed by atoms with Crippen molar-refractivity contribution in [3.05, 3.63) is 29.3 Å². The molecule has 0 unspecified atom stereocenters. The first-order valence-corrected chi connectivity index (χ1v) is 7.65. The molecule has 1 aromatic rings. The van der Waals surface area contributed by atoms with Gasteiger partial charge in [0, 0.05) is 24.1 Å². The SMILES string of the molecule is Cc1ccc(CNC(=O)NCC2(CO)CC2)c(OCC(F)(F)F)c1. The van der Waals surface area contributed by atoms with Crippen LogP contribution in [0.15, 0.2) is 18.2 Å². The van der Waals surface area contributed by atoms with Crippen molar-refractivity contribution in [2.75, 3.05) is 19.8 Å². The van der Waals surface area contributed by atoms with Gasteiger partial charge in [0.05, 0.1) is 6.61 Å². The zero-order chi connectivity index (χ0) is 17.8. The lowest BCUT2D eigenvalue weighted by Crippen LogP contribution is -2.39. The highest BCUT2D eigenvalue weighted by atomic mass is 19.4. The Kier molecular flexibility index (Phi) is 5.58. The van der Waals surface area contributed by atoms with E-state index in [-0.39, 0.29) is 24.3 Å². The van der Waals surface area contributed by atoms with Crippen molar-refractivity contribution in [2.24, 2.45) is 5.41 Å². The minimum absolute atomic E-state index is 0.0284. The minimum Gasteiger partial charge on any atom is -0.484 e. The molecule has 0 saturated heterocycles. The van der Waals surface area contributed by atoms with E-state index in [1.54, 1.807) is 19.1 Å². The Morgan fingerprint density at radius 3 is 2.62 bits per heavy atom. The number of hydrogen-bond acceptors (Lipinski definition) is 3. The molecule has 24 heavy (non-hydrogen) atoms. The molecule has 1 fully saturated rings. The fourth-order valence-corrected chi connectivity index (χ4v) is 2.18.